The summed E-state index contributed by atoms with van der Waals surface area (Å²) in [5.74, 6) is 0.0610. The molecule has 0 aliphatic heterocycles. The number of hydrogen-bond acceptors (Lipinski definition) is 4. The van der Waals surface area contributed by atoms with Gasteiger partial charge >= 0.3 is 0 Å². The fourth-order valence-electron chi connectivity index (χ4n) is 2.50. The van der Waals surface area contributed by atoms with Gasteiger partial charge in [0.25, 0.3) is 5.91 Å². The monoisotopic (exact) mass is 340 g/mol. The Balaban J connectivity index is 1.81. The Labute approximate surface area is 145 Å². The van der Waals surface area contributed by atoms with Gasteiger partial charge in [0, 0.05) is 23.8 Å². The molecule has 3 aromatic rings. The number of rotatable bonds is 6. The van der Waals surface area contributed by atoms with E-state index in [-0.39, 0.29) is 11.9 Å². The Morgan fingerprint density at radius 3 is 2.50 bits per heavy atom. The predicted molar refractivity (Wildman–Crippen MR) is 95.3 cm³/mol. The standard InChI is InChI=1S/C18H20N4OS/c1-3-14(2)22(10-15-8-9-24-11-15)18(23)16-4-6-17(7-5-16)21-12-19-20-13-21/h4-9,11-14H,3,10H2,1-2H3/t14-/m1/s1. The molecule has 1 aromatic carbocycles. The van der Waals surface area contributed by atoms with Crippen molar-refractivity contribution in [2.75, 3.05) is 0 Å². The van der Waals surface area contributed by atoms with Crippen LogP contribution in [0.25, 0.3) is 5.69 Å². The van der Waals surface area contributed by atoms with Gasteiger partial charge in [0.1, 0.15) is 12.7 Å². The minimum Gasteiger partial charge on any atom is -0.332 e. The molecule has 6 heteroatoms. The number of amides is 1. The summed E-state index contributed by atoms with van der Waals surface area (Å²) in [6, 6.07) is 9.81. The molecule has 2 aromatic heterocycles. The molecule has 0 fully saturated rings. The molecule has 3 rings (SSSR count). The van der Waals surface area contributed by atoms with E-state index in [9.17, 15) is 4.79 Å². The van der Waals surface area contributed by atoms with E-state index in [4.69, 9.17) is 0 Å². The lowest BCUT2D eigenvalue weighted by atomic mass is 10.1. The van der Waals surface area contributed by atoms with Gasteiger partial charge in [-0.25, -0.2) is 0 Å². The van der Waals surface area contributed by atoms with E-state index in [1.54, 1.807) is 24.0 Å². The summed E-state index contributed by atoms with van der Waals surface area (Å²) in [6.45, 7) is 4.84. The second kappa shape index (κ2) is 7.40. The Morgan fingerprint density at radius 2 is 1.92 bits per heavy atom. The van der Waals surface area contributed by atoms with Gasteiger partial charge in [-0.1, -0.05) is 6.92 Å². The van der Waals surface area contributed by atoms with Crippen LogP contribution in [0.3, 0.4) is 0 Å². The summed E-state index contributed by atoms with van der Waals surface area (Å²) < 4.78 is 1.81. The topological polar surface area (TPSA) is 51.0 Å². The Hall–Kier alpha value is -2.47. The quantitative estimate of drug-likeness (QED) is 0.686. The maximum absolute atomic E-state index is 13.0. The molecule has 0 aliphatic rings. The Kier molecular flexibility index (Phi) is 5.05. The molecule has 0 unspecified atom stereocenters. The minimum atomic E-state index is 0.0610. The first kappa shape index (κ1) is 16.4. The van der Waals surface area contributed by atoms with Gasteiger partial charge in [0.05, 0.1) is 0 Å². The van der Waals surface area contributed by atoms with E-state index >= 15 is 0 Å². The van der Waals surface area contributed by atoms with E-state index < -0.39 is 0 Å². The molecule has 0 spiro atoms. The smallest absolute Gasteiger partial charge is 0.254 e. The van der Waals surface area contributed by atoms with Crippen molar-refractivity contribution in [1.82, 2.24) is 19.7 Å². The van der Waals surface area contributed by atoms with Crippen molar-refractivity contribution in [2.45, 2.75) is 32.9 Å². The van der Waals surface area contributed by atoms with Crippen LogP contribution in [-0.2, 0) is 6.54 Å². The number of carbonyl (C=O) groups excluding carboxylic acids is 1. The maximum Gasteiger partial charge on any atom is 0.254 e. The highest BCUT2D eigenvalue weighted by atomic mass is 32.1. The molecule has 124 valence electrons. The first-order chi connectivity index (χ1) is 11.7. The van der Waals surface area contributed by atoms with E-state index in [1.165, 1.54) is 5.56 Å². The Bertz CT molecular complexity index is 766. The number of hydrogen-bond donors (Lipinski definition) is 0. The fraction of sp³-hybridized carbons (Fsp3) is 0.278. The van der Waals surface area contributed by atoms with E-state index in [2.05, 4.69) is 35.5 Å². The summed E-state index contributed by atoms with van der Waals surface area (Å²) >= 11 is 1.66. The molecule has 0 saturated carbocycles. The van der Waals surface area contributed by atoms with Crippen molar-refractivity contribution < 1.29 is 4.79 Å². The molecular formula is C18H20N4OS. The van der Waals surface area contributed by atoms with Crippen molar-refractivity contribution in [1.29, 1.82) is 0 Å². The highest BCUT2D eigenvalue weighted by molar-refractivity contribution is 7.07. The first-order valence-corrected chi connectivity index (χ1v) is 8.90. The summed E-state index contributed by atoms with van der Waals surface area (Å²) in [5.41, 5.74) is 2.81. The molecule has 5 nitrogen and oxygen atoms in total. The zero-order chi connectivity index (χ0) is 16.9. The number of benzene rings is 1. The van der Waals surface area contributed by atoms with Crippen LogP contribution in [0.15, 0.2) is 53.7 Å². The third-order valence-electron chi connectivity index (χ3n) is 4.15. The highest BCUT2D eigenvalue weighted by Crippen LogP contribution is 2.18. The lowest BCUT2D eigenvalue weighted by Crippen LogP contribution is -2.37. The van der Waals surface area contributed by atoms with E-state index in [0.717, 1.165) is 12.1 Å². The zero-order valence-corrected chi connectivity index (χ0v) is 14.6. The molecule has 0 bridgehead atoms. The van der Waals surface area contributed by atoms with Gasteiger partial charge in [0.2, 0.25) is 0 Å². The third kappa shape index (κ3) is 3.54. The van der Waals surface area contributed by atoms with Gasteiger partial charge in [-0.05, 0) is 60.0 Å². The van der Waals surface area contributed by atoms with Gasteiger partial charge in [-0.2, -0.15) is 11.3 Å². The zero-order valence-electron chi connectivity index (χ0n) is 13.8. The van der Waals surface area contributed by atoms with Crippen LogP contribution in [0.4, 0.5) is 0 Å². The number of nitrogens with zero attached hydrogens (tertiary/aromatic N) is 4. The van der Waals surface area contributed by atoms with E-state index in [0.29, 0.717) is 12.1 Å². The molecular weight excluding hydrogens is 320 g/mol. The van der Waals surface area contributed by atoms with Crippen LogP contribution < -0.4 is 0 Å². The second-order valence-electron chi connectivity index (χ2n) is 5.74. The van der Waals surface area contributed by atoms with Crippen molar-refractivity contribution in [3.8, 4) is 5.69 Å². The lowest BCUT2D eigenvalue weighted by Gasteiger charge is -2.28. The minimum absolute atomic E-state index is 0.0610. The van der Waals surface area contributed by atoms with Crippen LogP contribution in [0, 0.1) is 0 Å². The predicted octanol–water partition coefficient (Wildman–Crippen LogP) is 3.77. The fourth-order valence-corrected chi connectivity index (χ4v) is 3.16. The van der Waals surface area contributed by atoms with Crippen LogP contribution >= 0.6 is 11.3 Å². The van der Waals surface area contributed by atoms with Crippen LogP contribution in [0.1, 0.15) is 36.2 Å². The highest BCUT2D eigenvalue weighted by Gasteiger charge is 2.21. The first-order valence-electron chi connectivity index (χ1n) is 7.96. The third-order valence-corrected chi connectivity index (χ3v) is 4.88. The molecule has 0 aliphatic carbocycles. The molecule has 0 saturated heterocycles. The summed E-state index contributed by atoms with van der Waals surface area (Å²) in [4.78, 5) is 14.9. The average molecular weight is 340 g/mol. The van der Waals surface area contributed by atoms with Crippen LogP contribution in [-0.4, -0.2) is 31.6 Å². The maximum atomic E-state index is 13.0. The molecule has 1 amide bonds. The van der Waals surface area contributed by atoms with Crippen molar-refractivity contribution >= 4 is 17.2 Å². The van der Waals surface area contributed by atoms with Crippen LogP contribution in [0.2, 0.25) is 0 Å². The van der Waals surface area contributed by atoms with Crippen LogP contribution in [0.5, 0.6) is 0 Å². The average Bonchev–Trinajstić information content (AvgIpc) is 3.32. The molecule has 24 heavy (non-hydrogen) atoms. The van der Waals surface area contributed by atoms with Crippen molar-refractivity contribution in [3.63, 3.8) is 0 Å². The molecule has 1 atom stereocenters. The second-order valence-corrected chi connectivity index (χ2v) is 6.52. The van der Waals surface area contributed by atoms with E-state index in [1.807, 2.05) is 39.1 Å². The summed E-state index contributed by atoms with van der Waals surface area (Å²) in [7, 11) is 0. The summed E-state index contributed by atoms with van der Waals surface area (Å²) in [5, 5.41) is 11.7. The molecule has 0 radical (unpaired) electrons. The van der Waals surface area contributed by atoms with Gasteiger partial charge in [-0.15, -0.1) is 10.2 Å². The largest absolute Gasteiger partial charge is 0.332 e. The van der Waals surface area contributed by atoms with Gasteiger partial charge < -0.3 is 4.90 Å². The number of aromatic nitrogens is 3. The van der Waals surface area contributed by atoms with Crippen molar-refractivity contribution in [3.05, 3.63) is 64.9 Å². The van der Waals surface area contributed by atoms with Gasteiger partial charge in [-0.3, -0.25) is 9.36 Å². The van der Waals surface area contributed by atoms with Crippen molar-refractivity contribution in [2.24, 2.45) is 0 Å². The molecule has 0 N–H and O–H groups in total. The van der Waals surface area contributed by atoms with Gasteiger partial charge in [0.15, 0.2) is 0 Å². The number of thiophene rings is 1. The summed E-state index contributed by atoms with van der Waals surface area (Å²) in [6.07, 6.45) is 4.20. The number of carbonyl (C=O) groups is 1. The lowest BCUT2D eigenvalue weighted by molar-refractivity contribution is 0.0672. The molecule has 2 heterocycles. The SMILES string of the molecule is CC[C@@H](C)N(Cc1ccsc1)C(=O)c1ccc(-n2cnnc2)cc1. The normalized spacial score (nSPS) is 12.1. The Morgan fingerprint density at radius 1 is 1.21 bits per heavy atom.